The number of aromatic nitrogens is 1. The van der Waals surface area contributed by atoms with Gasteiger partial charge in [-0.25, -0.2) is 9.37 Å². The maximum Gasteiger partial charge on any atom is 0.123 e. The van der Waals surface area contributed by atoms with Crippen molar-refractivity contribution in [2.24, 2.45) is 0 Å². The van der Waals surface area contributed by atoms with Crippen molar-refractivity contribution >= 4 is 21.6 Å². The van der Waals surface area contributed by atoms with Crippen LogP contribution in [0.3, 0.4) is 0 Å². The molecule has 0 unspecified atom stereocenters. The number of nitrogens with one attached hydrogen (secondary N) is 1. The zero-order chi connectivity index (χ0) is 11.4. The summed E-state index contributed by atoms with van der Waals surface area (Å²) in [4.78, 5) is 4.12. The second-order valence-electron chi connectivity index (χ2n) is 3.35. The van der Waals surface area contributed by atoms with Gasteiger partial charge < -0.3 is 5.32 Å². The third-order valence-corrected chi connectivity index (χ3v) is 2.60. The Morgan fingerprint density at radius 2 is 1.88 bits per heavy atom. The van der Waals surface area contributed by atoms with E-state index < -0.39 is 0 Å². The normalized spacial score (nSPS) is 10.1. The SMILES string of the molecule is Fc1ccc(NCc2ccc(Br)nc2)cc1. The van der Waals surface area contributed by atoms with Crippen LogP contribution in [0.25, 0.3) is 0 Å². The first-order chi connectivity index (χ1) is 7.74. The Kier molecular flexibility index (Phi) is 3.51. The fraction of sp³-hybridized carbons (Fsp3) is 0.0833. The molecule has 0 aliphatic heterocycles. The largest absolute Gasteiger partial charge is 0.381 e. The van der Waals surface area contributed by atoms with E-state index in [1.807, 2.05) is 12.1 Å². The van der Waals surface area contributed by atoms with Crippen molar-refractivity contribution in [1.82, 2.24) is 4.98 Å². The summed E-state index contributed by atoms with van der Waals surface area (Å²) in [5.41, 5.74) is 1.97. The van der Waals surface area contributed by atoms with Gasteiger partial charge in [-0.3, -0.25) is 0 Å². The number of hydrogen-bond donors (Lipinski definition) is 1. The Hall–Kier alpha value is -1.42. The number of rotatable bonds is 3. The molecule has 1 heterocycles. The van der Waals surface area contributed by atoms with Gasteiger partial charge in [-0.15, -0.1) is 0 Å². The van der Waals surface area contributed by atoms with Crippen molar-refractivity contribution in [1.29, 1.82) is 0 Å². The standard InChI is InChI=1S/C12H10BrFN2/c13-12-6-1-9(8-16-12)7-15-11-4-2-10(14)3-5-11/h1-6,8,15H,7H2. The van der Waals surface area contributed by atoms with Crippen molar-refractivity contribution < 1.29 is 4.39 Å². The molecule has 0 spiro atoms. The van der Waals surface area contributed by atoms with Gasteiger partial charge in [0.2, 0.25) is 0 Å². The monoisotopic (exact) mass is 280 g/mol. The van der Waals surface area contributed by atoms with E-state index in [1.165, 1.54) is 12.1 Å². The lowest BCUT2D eigenvalue weighted by Crippen LogP contribution is -1.99. The molecule has 2 aromatic rings. The van der Waals surface area contributed by atoms with Gasteiger partial charge in [-0.2, -0.15) is 0 Å². The summed E-state index contributed by atoms with van der Waals surface area (Å²) in [6, 6.07) is 10.2. The molecule has 1 aromatic heterocycles. The summed E-state index contributed by atoms with van der Waals surface area (Å²) in [5.74, 6) is -0.226. The van der Waals surface area contributed by atoms with Crippen molar-refractivity contribution in [3.05, 3.63) is 58.6 Å². The van der Waals surface area contributed by atoms with Crippen LogP contribution >= 0.6 is 15.9 Å². The summed E-state index contributed by atoms with van der Waals surface area (Å²) in [6.07, 6.45) is 1.79. The third kappa shape index (κ3) is 3.03. The van der Waals surface area contributed by atoms with Crippen molar-refractivity contribution in [3.8, 4) is 0 Å². The fourth-order valence-electron chi connectivity index (χ4n) is 1.28. The van der Waals surface area contributed by atoms with E-state index in [0.29, 0.717) is 6.54 Å². The molecule has 0 saturated carbocycles. The molecule has 0 bridgehead atoms. The van der Waals surface area contributed by atoms with Gasteiger partial charge in [0.05, 0.1) is 0 Å². The van der Waals surface area contributed by atoms with Crippen LogP contribution in [0.2, 0.25) is 0 Å². The van der Waals surface area contributed by atoms with E-state index in [4.69, 9.17) is 0 Å². The molecule has 0 atom stereocenters. The Labute approximate surface area is 102 Å². The Morgan fingerprint density at radius 1 is 1.12 bits per heavy atom. The molecule has 0 aliphatic carbocycles. The van der Waals surface area contributed by atoms with Crippen molar-refractivity contribution in [3.63, 3.8) is 0 Å². The zero-order valence-corrected chi connectivity index (χ0v) is 10.0. The number of anilines is 1. The second-order valence-corrected chi connectivity index (χ2v) is 4.16. The maximum absolute atomic E-state index is 12.7. The highest BCUT2D eigenvalue weighted by Gasteiger charge is 1.95. The lowest BCUT2D eigenvalue weighted by Gasteiger charge is -2.05. The molecule has 0 saturated heterocycles. The van der Waals surface area contributed by atoms with Gasteiger partial charge in [0.15, 0.2) is 0 Å². The average Bonchev–Trinajstić information content (AvgIpc) is 2.30. The smallest absolute Gasteiger partial charge is 0.123 e. The molecule has 2 rings (SSSR count). The van der Waals surface area contributed by atoms with E-state index in [9.17, 15) is 4.39 Å². The minimum Gasteiger partial charge on any atom is -0.381 e. The van der Waals surface area contributed by atoms with E-state index in [-0.39, 0.29) is 5.82 Å². The number of nitrogens with zero attached hydrogens (tertiary/aromatic N) is 1. The van der Waals surface area contributed by atoms with E-state index in [1.54, 1.807) is 18.3 Å². The molecular formula is C12H10BrFN2. The van der Waals surface area contributed by atoms with Gasteiger partial charge in [-0.1, -0.05) is 6.07 Å². The molecule has 16 heavy (non-hydrogen) atoms. The molecule has 4 heteroatoms. The van der Waals surface area contributed by atoms with Crippen molar-refractivity contribution in [2.75, 3.05) is 5.32 Å². The van der Waals surface area contributed by atoms with Crippen LogP contribution in [0.4, 0.5) is 10.1 Å². The lowest BCUT2D eigenvalue weighted by atomic mass is 10.2. The van der Waals surface area contributed by atoms with Gasteiger partial charge in [0.1, 0.15) is 10.4 Å². The highest BCUT2D eigenvalue weighted by molar-refractivity contribution is 9.10. The Balaban J connectivity index is 1.97. The fourth-order valence-corrected chi connectivity index (χ4v) is 1.52. The first-order valence-corrected chi connectivity index (χ1v) is 5.63. The van der Waals surface area contributed by atoms with Gasteiger partial charge in [-0.05, 0) is 51.8 Å². The summed E-state index contributed by atoms with van der Waals surface area (Å²) < 4.78 is 13.5. The summed E-state index contributed by atoms with van der Waals surface area (Å²) in [5, 5.41) is 3.19. The number of benzene rings is 1. The van der Waals surface area contributed by atoms with Gasteiger partial charge in [0, 0.05) is 18.4 Å². The molecule has 1 aromatic carbocycles. The maximum atomic E-state index is 12.7. The molecule has 1 N–H and O–H groups in total. The van der Waals surface area contributed by atoms with Crippen LogP contribution in [-0.4, -0.2) is 4.98 Å². The van der Waals surface area contributed by atoms with Crippen LogP contribution in [0.5, 0.6) is 0 Å². The van der Waals surface area contributed by atoms with Crippen LogP contribution in [-0.2, 0) is 6.54 Å². The average molecular weight is 281 g/mol. The highest BCUT2D eigenvalue weighted by Crippen LogP contribution is 2.11. The number of halogens is 2. The second kappa shape index (κ2) is 5.07. The van der Waals surface area contributed by atoms with Crippen LogP contribution in [0.15, 0.2) is 47.2 Å². The predicted octanol–water partition coefficient (Wildman–Crippen LogP) is 3.60. The van der Waals surface area contributed by atoms with Crippen LogP contribution < -0.4 is 5.32 Å². The van der Waals surface area contributed by atoms with Gasteiger partial charge in [0.25, 0.3) is 0 Å². The molecule has 0 amide bonds. The first-order valence-electron chi connectivity index (χ1n) is 4.84. The Morgan fingerprint density at radius 3 is 2.50 bits per heavy atom. The minimum atomic E-state index is -0.226. The molecule has 0 aliphatic rings. The van der Waals surface area contributed by atoms with Crippen LogP contribution in [0, 0.1) is 5.82 Å². The highest BCUT2D eigenvalue weighted by atomic mass is 79.9. The molecule has 0 radical (unpaired) electrons. The number of pyridine rings is 1. The first kappa shape index (κ1) is 11.1. The van der Waals surface area contributed by atoms with Crippen molar-refractivity contribution in [2.45, 2.75) is 6.54 Å². The molecule has 2 nitrogen and oxygen atoms in total. The van der Waals surface area contributed by atoms with Gasteiger partial charge >= 0.3 is 0 Å². The lowest BCUT2D eigenvalue weighted by molar-refractivity contribution is 0.628. The van der Waals surface area contributed by atoms with E-state index >= 15 is 0 Å². The minimum absolute atomic E-state index is 0.226. The van der Waals surface area contributed by atoms with E-state index in [0.717, 1.165) is 15.9 Å². The summed E-state index contributed by atoms with van der Waals surface area (Å²) in [6.45, 7) is 0.673. The quantitative estimate of drug-likeness (QED) is 0.869. The topological polar surface area (TPSA) is 24.9 Å². The third-order valence-electron chi connectivity index (χ3n) is 2.13. The molecule has 0 fully saturated rings. The molecular weight excluding hydrogens is 271 g/mol. The zero-order valence-electron chi connectivity index (χ0n) is 8.45. The Bertz CT molecular complexity index is 408. The molecule has 82 valence electrons. The number of hydrogen-bond acceptors (Lipinski definition) is 2. The summed E-state index contributed by atoms with van der Waals surface area (Å²) in [7, 11) is 0. The predicted molar refractivity (Wildman–Crippen MR) is 65.7 cm³/mol. The summed E-state index contributed by atoms with van der Waals surface area (Å²) >= 11 is 3.28. The van der Waals surface area contributed by atoms with E-state index in [2.05, 4.69) is 26.2 Å². The van der Waals surface area contributed by atoms with Crippen LogP contribution in [0.1, 0.15) is 5.56 Å².